The van der Waals surface area contributed by atoms with Gasteiger partial charge in [0, 0.05) is 5.56 Å². The minimum absolute atomic E-state index is 0.110. The quantitative estimate of drug-likeness (QED) is 0.893. The van der Waals surface area contributed by atoms with Gasteiger partial charge >= 0.3 is 0 Å². The second-order valence-electron chi connectivity index (χ2n) is 4.89. The molecule has 1 aliphatic heterocycles. The van der Waals surface area contributed by atoms with Crippen LogP contribution in [-0.4, -0.2) is 18.3 Å². The number of aliphatic hydroxyl groups excluding tert-OH is 1. The fourth-order valence-electron chi connectivity index (χ4n) is 2.64. The van der Waals surface area contributed by atoms with Crippen LogP contribution in [0.4, 0.5) is 0 Å². The van der Waals surface area contributed by atoms with Crippen molar-refractivity contribution < 1.29 is 9.84 Å². The summed E-state index contributed by atoms with van der Waals surface area (Å²) in [7, 11) is 0. The molecule has 1 heterocycles. The summed E-state index contributed by atoms with van der Waals surface area (Å²) in [5.74, 6) is 0.905. The van der Waals surface area contributed by atoms with E-state index >= 15 is 0 Å². The Balaban J connectivity index is 1.98. The van der Waals surface area contributed by atoms with Crippen molar-refractivity contribution in [1.29, 1.82) is 0 Å². The van der Waals surface area contributed by atoms with Gasteiger partial charge in [0.05, 0.1) is 12.0 Å². The van der Waals surface area contributed by atoms with E-state index in [4.69, 9.17) is 4.74 Å². The first-order valence-corrected chi connectivity index (χ1v) is 6.21. The Bertz CT molecular complexity index is 536. The van der Waals surface area contributed by atoms with Gasteiger partial charge < -0.3 is 9.84 Å². The van der Waals surface area contributed by atoms with Crippen LogP contribution < -0.4 is 4.74 Å². The normalized spacial score (nSPS) is 21.4. The Labute approximate surface area is 107 Å². The van der Waals surface area contributed by atoms with Gasteiger partial charge in [0.1, 0.15) is 12.4 Å². The molecular formula is C16H16O2. The zero-order valence-electron chi connectivity index (χ0n) is 10.2. The van der Waals surface area contributed by atoms with Gasteiger partial charge in [0.15, 0.2) is 0 Å². The van der Waals surface area contributed by atoms with Crippen LogP contribution in [0.15, 0.2) is 54.6 Å². The van der Waals surface area contributed by atoms with Crippen LogP contribution in [0, 0.1) is 0 Å². The molecule has 2 aromatic rings. The molecule has 1 atom stereocenters. The summed E-state index contributed by atoms with van der Waals surface area (Å²) in [6, 6.07) is 18.3. The van der Waals surface area contributed by atoms with Crippen LogP contribution in [0.3, 0.4) is 0 Å². The molecule has 0 fully saturated rings. The number of aliphatic hydroxyl groups is 1. The van der Waals surface area contributed by atoms with Gasteiger partial charge in [-0.2, -0.15) is 0 Å². The third-order valence-electron chi connectivity index (χ3n) is 3.65. The lowest BCUT2D eigenvalue weighted by Gasteiger charge is -2.25. The molecule has 2 heteroatoms. The van der Waals surface area contributed by atoms with Gasteiger partial charge in [0.2, 0.25) is 0 Å². The highest BCUT2D eigenvalue weighted by Crippen LogP contribution is 2.40. The summed E-state index contributed by atoms with van der Waals surface area (Å²) in [5.41, 5.74) is 2.06. The van der Waals surface area contributed by atoms with E-state index < -0.39 is 0 Å². The number of hydrogen-bond donors (Lipinski definition) is 1. The summed E-state index contributed by atoms with van der Waals surface area (Å²) in [6.07, 6.45) is 0.807. The van der Waals surface area contributed by atoms with Gasteiger partial charge in [-0.25, -0.2) is 0 Å². The van der Waals surface area contributed by atoms with E-state index in [0.717, 1.165) is 17.7 Å². The third-order valence-corrected chi connectivity index (χ3v) is 3.65. The third kappa shape index (κ3) is 1.79. The molecule has 0 spiro atoms. The van der Waals surface area contributed by atoms with Crippen LogP contribution in [0.5, 0.6) is 5.75 Å². The van der Waals surface area contributed by atoms with Gasteiger partial charge in [-0.15, -0.1) is 0 Å². The molecule has 0 bridgehead atoms. The zero-order chi connectivity index (χ0) is 12.4. The number of para-hydroxylation sites is 1. The van der Waals surface area contributed by atoms with Crippen molar-refractivity contribution in [1.82, 2.24) is 0 Å². The van der Waals surface area contributed by atoms with Crippen molar-refractivity contribution in [2.45, 2.75) is 11.8 Å². The summed E-state index contributed by atoms with van der Waals surface area (Å²) < 4.78 is 5.72. The number of hydrogen-bond acceptors (Lipinski definition) is 2. The SMILES string of the molecule is OCC1(Cc2ccccc2)COc2ccccc21. The summed E-state index contributed by atoms with van der Waals surface area (Å²) in [6.45, 7) is 0.663. The molecule has 92 valence electrons. The van der Waals surface area contributed by atoms with E-state index in [0.29, 0.717) is 6.61 Å². The van der Waals surface area contributed by atoms with E-state index in [9.17, 15) is 5.11 Å². The Morgan fingerprint density at radius 3 is 2.50 bits per heavy atom. The van der Waals surface area contributed by atoms with E-state index in [1.54, 1.807) is 0 Å². The Hall–Kier alpha value is -1.80. The van der Waals surface area contributed by atoms with Crippen LogP contribution in [0.25, 0.3) is 0 Å². The maximum absolute atomic E-state index is 9.84. The Morgan fingerprint density at radius 2 is 1.72 bits per heavy atom. The van der Waals surface area contributed by atoms with Gasteiger partial charge in [-0.1, -0.05) is 48.5 Å². The highest BCUT2D eigenvalue weighted by atomic mass is 16.5. The first-order chi connectivity index (χ1) is 8.84. The van der Waals surface area contributed by atoms with Crippen LogP contribution in [0.2, 0.25) is 0 Å². The lowest BCUT2D eigenvalue weighted by molar-refractivity contribution is 0.158. The largest absolute Gasteiger partial charge is 0.492 e. The summed E-state index contributed by atoms with van der Waals surface area (Å²) in [5, 5.41) is 9.84. The second-order valence-corrected chi connectivity index (χ2v) is 4.89. The minimum Gasteiger partial charge on any atom is -0.492 e. The van der Waals surface area contributed by atoms with Crippen LogP contribution >= 0.6 is 0 Å². The lowest BCUT2D eigenvalue weighted by atomic mass is 9.78. The first kappa shape index (κ1) is 11.3. The predicted octanol–water partition coefficient (Wildman–Crippen LogP) is 2.55. The highest BCUT2D eigenvalue weighted by molar-refractivity contribution is 5.45. The molecule has 0 aliphatic carbocycles. The number of rotatable bonds is 3. The van der Waals surface area contributed by atoms with E-state index in [-0.39, 0.29) is 12.0 Å². The lowest BCUT2D eigenvalue weighted by Crippen LogP contribution is -2.34. The smallest absolute Gasteiger partial charge is 0.123 e. The monoisotopic (exact) mass is 240 g/mol. The van der Waals surface area contributed by atoms with Gasteiger partial charge in [-0.05, 0) is 18.1 Å². The Morgan fingerprint density at radius 1 is 1.00 bits per heavy atom. The number of benzene rings is 2. The van der Waals surface area contributed by atoms with Crippen molar-refractivity contribution in [3.8, 4) is 5.75 Å². The maximum atomic E-state index is 9.84. The van der Waals surface area contributed by atoms with Crippen molar-refractivity contribution >= 4 is 0 Å². The maximum Gasteiger partial charge on any atom is 0.123 e. The molecule has 0 saturated carbocycles. The van der Waals surface area contributed by atoms with Crippen molar-refractivity contribution in [3.63, 3.8) is 0 Å². The molecule has 1 N–H and O–H groups in total. The summed E-state index contributed by atoms with van der Waals surface area (Å²) in [4.78, 5) is 0. The fraction of sp³-hybridized carbons (Fsp3) is 0.250. The molecule has 2 nitrogen and oxygen atoms in total. The average Bonchev–Trinajstić information content (AvgIpc) is 2.80. The van der Waals surface area contributed by atoms with E-state index in [2.05, 4.69) is 18.2 Å². The molecule has 1 unspecified atom stereocenters. The summed E-state index contributed by atoms with van der Waals surface area (Å²) >= 11 is 0. The number of fused-ring (bicyclic) bond motifs is 1. The van der Waals surface area contributed by atoms with Crippen LogP contribution in [-0.2, 0) is 11.8 Å². The molecule has 0 saturated heterocycles. The van der Waals surface area contributed by atoms with Gasteiger partial charge in [-0.3, -0.25) is 0 Å². The van der Waals surface area contributed by atoms with Gasteiger partial charge in [0.25, 0.3) is 0 Å². The van der Waals surface area contributed by atoms with Crippen molar-refractivity contribution in [2.24, 2.45) is 0 Å². The first-order valence-electron chi connectivity index (χ1n) is 6.21. The van der Waals surface area contributed by atoms with E-state index in [1.165, 1.54) is 5.56 Å². The standard InChI is InChI=1S/C16H16O2/c17-11-16(10-13-6-2-1-3-7-13)12-18-15-9-5-4-8-14(15)16/h1-9,17H,10-12H2. The topological polar surface area (TPSA) is 29.5 Å². The molecule has 0 aromatic heterocycles. The van der Waals surface area contributed by atoms with Crippen molar-refractivity contribution in [2.75, 3.05) is 13.2 Å². The molecular weight excluding hydrogens is 224 g/mol. The number of ether oxygens (including phenoxy) is 1. The highest BCUT2D eigenvalue weighted by Gasteiger charge is 2.40. The molecule has 0 radical (unpaired) electrons. The predicted molar refractivity (Wildman–Crippen MR) is 70.8 cm³/mol. The molecule has 1 aliphatic rings. The minimum atomic E-state index is -0.294. The molecule has 18 heavy (non-hydrogen) atoms. The molecule has 3 rings (SSSR count). The molecule has 2 aromatic carbocycles. The fourth-order valence-corrected chi connectivity index (χ4v) is 2.64. The van der Waals surface area contributed by atoms with Crippen molar-refractivity contribution in [3.05, 3.63) is 65.7 Å². The van der Waals surface area contributed by atoms with Crippen LogP contribution in [0.1, 0.15) is 11.1 Å². The Kier molecular flexibility index (Phi) is 2.80. The average molecular weight is 240 g/mol. The molecule has 0 amide bonds. The second kappa shape index (κ2) is 4.46. The zero-order valence-corrected chi connectivity index (χ0v) is 10.2. The van der Waals surface area contributed by atoms with E-state index in [1.807, 2.05) is 36.4 Å².